The van der Waals surface area contributed by atoms with E-state index in [2.05, 4.69) is 15.0 Å². The molecule has 0 radical (unpaired) electrons. The number of carbonyl (C=O) groups is 1. The van der Waals surface area contributed by atoms with Crippen LogP contribution < -0.4 is 15.5 Å². The minimum Gasteiger partial charge on any atom is -0.379 e. The summed E-state index contributed by atoms with van der Waals surface area (Å²) in [6, 6.07) is 9.20. The summed E-state index contributed by atoms with van der Waals surface area (Å²) >= 11 is 0. The van der Waals surface area contributed by atoms with E-state index in [0.29, 0.717) is 25.1 Å². The van der Waals surface area contributed by atoms with Gasteiger partial charge in [0.1, 0.15) is 11.4 Å². The highest BCUT2D eigenvalue weighted by Gasteiger charge is 2.19. The summed E-state index contributed by atoms with van der Waals surface area (Å²) in [5, 5.41) is 2.68. The van der Waals surface area contributed by atoms with Crippen molar-refractivity contribution in [2.45, 2.75) is 31.3 Å². The number of halogens is 1. The van der Waals surface area contributed by atoms with Gasteiger partial charge < -0.3 is 15.0 Å². The second-order valence-electron chi connectivity index (χ2n) is 7.35. The van der Waals surface area contributed by atoms with Crippen molar-refractivity contribution in [2.75, 3.05) is 17.9 Å². The molecule has 0 saturated carbocycles. The molecule has 1 aromatic heterocycles. The predicted octanol–water partition coefficient (Wildman–Crippen LogP) is 3.01. The van der Waals surface area contributed by atoms with Crippen LogP contribution in [0.15, 0.2) is 58.4 Å². The van der Waals surface area contributed by atoms with E-state index in [1.54, 1.807) is 0 Å². The summed E-state index contributed by atoms with van der Waals surface area (Å²) in [6.45, 7) is 4.62. The van der Waals surface area contributed by atoms with Crippen molar-refractivity contribution in [1.29, 1.82) is 0 Å². The number of carbonyl (C=O) groups excluding carboxylic acids is 1. The lowest BCUT2D eigenvalue weighted by atomic mass is 10.1. The van der Waals surface area contributed by atoms with Gasteiger partial charge in [0.15, 0.2) is 0 Å². The highest BCUT2D eigenvalue weighted by atomic mass is 32.2. The van der Waals surface area contributed by atoms with E-state index in [9.17, 15) is 22.4 Å². The van der Waals surface area contributed by atoms with Crippen LogP contribution in [-0.4, -0.2) is 38.6 Å². The van der Waals surface area contributed by atoms with Crippen molar-refractivity contribution < 1.29 is 22.3 Å². The van der Waals surface area contributed by atoms with Gasteiger partial charge >= 0.3 is 0 Å². The molecule has 0 unspecified atom stereocenters. The number of H-pyrrole nitrogens is 1. The van der Waals surface area contributed by atoms with E-state index in [1.807, 2.05) is 13.8 Å². The SMILES string of the molecule is CC(C)OCCCNC(=O)c1c[nH]c2ccc(S(=O)(=O)Nc3ccccc3F)cc2c1=O. The van der Waals surface area contributed by atoms with Crippen LogP contribution in [0.25, 0.3) is 10.9 Å². The molecule has 3 N–H and O–H groups in total. The number of hydrogen-bond acceptors (Lipinski definition) is 5. The number of amides is 1. The maximum absolute atomic E-state index is 13.8. The topological polar surface area (TPSA) is 117 Å². The van der Waals surface area contributed by atoms with Crippen LogP contribution >= 0.6 is 0 Å². The second-order valence-corrected chi connectivity index (χ2v) is 9.04. The molecule has 0 bridgehead atoms. The number of ether oxygens (including phenoxy) is 1. The van der Waals surface area contributed by atoms with Crippen LogP contribution in [-0.2, 0) is 14.8 Å². The number of sulfonamides is 1. The number of nitrogens with one attached hydrogen (secondary N) is 3. The minimum atomic E-state index is -4.16. The summed E-state index contributed by atoms with van der Waals surface area (Å²) in [5.74, 6) is -1.30. The standard InChI is InChI=1S/C22H24FN3O5S/c1-14(2)31-11-5-10-24-22(28)17-13-25-19-9-8-15(12-16(19)21(17)27)32(29,30)26-20-7-4-3-6-18(20)23/h3-4,6-9,12-14,26H,5,10-11H2,1-2H3,(H,24,28)(H,25,27). The van der Waals surface area contributed by atoms with Crippen LogP contribution in [0.1, 0.15) is 30.6 Å². The van der Waals surface area contributed by atoms with E-state index >= 15 is 0 Å². The molecule has 0 atom stereocenters. The fourth-order valence-electron chi connectivity index (χ4n) is 2.97. The fourth-order valence-corrected chi connectivity index (χ4v) is 4.06. The molecule has 0 aliphatic rings. The van der Waals surface area contributed by atoms with Crippen molar-refractivity contribution in [3.63, 3.8) is 0 Å². The van der Waals surface area contributed by atoms with Crippen molar-refractivity contribution >= 4 is 32.5 Å². The van der Waals surface area contributed by atoms with Crippen LogP contribution in [0, 0.1) is 5.82 Å². The van der Waals surface area contributed by atoms with Gasteiger partial charge in [0.2, 0.25) is 5.43 Å². The molecular weight excluding hydrogens is 437 g/mol. The third-order valence-electron chi connectivity index (χ3n) is 4.58. The molecule has 1 amide bonds. The van der Waals surface area contributed by atoms with Gasteiger partial charge in [-0.05, 0) is 50.6 Å². The number of hydrogen-bond donors (Lipinski definition) is 3. The lowest BCUT2D eigenvalue weighted by Gasteiger charge is -2.10. The van der Waals surface area contributed by atoms with Crippen molar-refractivity contribution in [3.8, 4) is 0 Å². The number of fused-ring (bicyclic) bond motifs is 1. The van der Waals surface area contributed by atoms with Crippen molar-refractivity contribution in [1.82, 2.24) is 10.3 Å². The smallest absolute Gasteiger partial charge is 0.262 e. The first kappa shape index (κ1) is 23.4. The zero-order chi connectivity index (χ0) is 23.3. The Kier molecular flexibility index (Phi) is 7.26. The number of rotatable bonds is 9. The third-order valence-corrected chi connectivity index (χ3v) is 5.95. The van der Waals surface area contributed by atoms with Crippen LogP contribution in [0.5, 0.6) is 0 Å². The molecule has 0 fully saturated rings. The highest BCUT2D eigenvalue weighted by Crippen LogP contribution is 2.21. The van der Waals surface area contributed by atoms with Crippen LogP contribution in [0.2, 0.25) is 0 Å². The van der Waals surface area contributed by atoms with Gasteiger partial charge in [0.05, 0.1) is 16.7 Å². The number of aromatic amines is 1. The molecule has 10 heteroatoms. The number of para-hydroxylation sites is 1. The summed E-state index contributed by atoms with van der Waals surface area (Å²) in [4.78, 5) is 27.9. The number of aromatic nitrogens is 1. The summed E-state index contributed by atoms with van der Waals surface area (Å²) < 4.78 is 46.8. The summed E-state index contributed by atoms with van der Waals surface area (Å²) in [5.41, 5.74) is -0.602. The number of pyridine rings is 1. The van der Waals surface area contributed by atoms with Gasteiger partial charge in [0.25, 0.3) is 15.9 Å². The Morgan fingerprint density at radius 1 is 1.19 bits per heavy atom. The molecule has 170 valence electrons. The Morgan fingerprint density at radius 3 is 2.66 bits per heavy atom. The monoisotopic (exact) mass is 461 g/mol. The zero-order valence-corrected chi connectivity index (χ0v) is 18.5. The van der Waals surface area contributed by atoms with Gasteiger partial charge in [-0.25, -0.2) is 12.8 Å². The Labute approximate surface area is 184 Å². The third kappa shape index (κ3) is 5.51. The van der Waals surface area contributed by atoms with Gasteiger partial charge in [-0.15, -0.1) is 0 Å². The van der Waals surface area contributed by atoms with Crippen LogP contribution in [0.4, 0.5) is 10.1 Å². The Balaban J connectivity index is 1.83. The summed E-state index contributed by atoms with van der Waals surface area (Å²) in [6.07, 6.45) is 1.96. The predicted molar refractivity (Wildman–Crippen MR) is 120 cm³/mol. The van der Waals surface area contributed by atoms with E-state index in [-0.39, 0.29) is 27.6 Å². The van der Waals surface area contributed by atoms with Crippen molar-refractivity contribution in [3.05, 3.63) is 70.3 Å². The first-order valence-electron chi connectivity index (χ1n) is 10.0. The molecule has 2 aromatic carbocycles. The van der Waals surface area contributed by atoms with E-state index in [1.165, 1.54) is 36.5 Å². The molecular formula is C22H24FN3O5S. The lowest BCUT2D eigenvalue weighted by Crippen LogP contribution is -2.30. The van der Waals surface area contributed by atoms with Gasteiger partial charge in [-0.2, -0.15) is 0 Å². The van der Waals surface area contributed by atoms with E-state index in [0.717, 1.165) is 12.1 Å². The Morgan fingerprint density at radius 2 is 1.94 bits per heavy atom. The van der Waals surface area contributed by atoms with Gasteiger partial charge in [-0.3, -0.25) is 14.3 Å². The second kappa shape index (κ2) is 9.92. The highest BCUT2D eigenvalue weighted by molar-refractivity contribution is 7.92. The molecule has 3 rings (SSSR count). The van der Waals surface area contributed by atoms with Gasteiger partial charge in [-0.1, -0.05) is 12.1 Å². The lowest BCUT2D eigenvalue weighted by molar-refractivity contribution is 0.0757. The number of anilines is 1. The molecule has 1 heterocycles. The number of benzene rings is 2. The molecule has 3 aromatic rings. The minimum absolute atomic E-state index is 0.0252. The maximum atomic E-state index is 13.8. The molecule has 32 heavy (non-hydrogen) atoms. The molecule has 0 aliphatic heterocycles. The molecule has 0 aliphatic carbocycles. The maximum Gasteiger partial charge on any atom is 0.262 e. The largest absolute Gasteiger partial charge is 0.379 e. The normalized spacial score (nSPS) is 11.6. The average Bonchev–Trinajstić information content (AvgIpc) is 2.74. The first-order valence-corrected chi connectivity index (χ1v) is 11.5. The van der Waals surface area contributed by atoms with E-state index < -0.39 is 27.2 Å². The van der Waals surface area contributed by atoms with E-state index in [4.69, 9.17) is 4.74 Å². The molecule has 0 spiro atoms. The average molecular weight is 462 g/mol. The molecule has 0 saturated heterocycles. The quantitative estimate of drug-likeness (QED) is 0.424. The summed E-state index contributed by atoms with van der Waals surface area (Å²) in [7, 11) is -4.16. The van der Waals surface area contributed by atoms with Gasteiger partial charge in [0, 0.05) is 30.3 Å². The fraction of sp³-hybridized carbons (Fsp3) is 0.273. The van der Waals surface area contributed by atoms with Crippen LogP contribution in [0.3, 0.4) is 0 Å². The Bertz CT molecular complexity index is 1290. The molecule has 8 nitrogen and oxygen atoms in total. The zero-order valence-electron chi connectivity index (χ0n) is 17.6. The Hall–Kier alpha value is -3.24. The van der Waals surface area contributed by atoms with Crippen molar-refractivity contribution in [2.24, 2.45) is 0 Å². The first-order chi connectivity index (χ1) is 15.2.